The van der Waals surface area contributed by atoms with Crippen LogP contribution in [0, 0.1) is 25.6 Å². The quantitative estimate of drug-likeness (QED) is 0.525. The summed E-state index contributed by atoms with van der Waals surface area (Å²) < 4.78 is 24.9. The van der Waals surface area contributed by atoms with Gasteiger partial charge < -0.3 is 14.8 Å². The second kappa shape index (κ2) is 9.41. The Morgan fingerprint density at radius 3 is 2.82 bits per heavy atom. The van der Waals surface area contributed by atoms with Crippen LogP contribution in [-0.2, 0) is 21.6 Å². The summed E-state index contributed by atoms with van der Waals surface area (Å²) in [4.78, 5) is 25.7. The van der Waals surface area contributed by atoms with E-state index in [4.69, 9.17) is 21.1 Å². The lowest BCUT2D eigenvalue weighted by Crippen LogP contribution is -2.27. The maximum atomic E-state index is 13.5. The minimum Gasteiger partial charge on any atom is -0.489 e. The lowest BCUT2D eigenvalue weighted by molar-refractivity contribution is -0.117. The molecule has 33 heavy (non-hydrogen) atoms. The zero-order valence-corrected chi connectivity index (χ0v) is 19.3. The number of rotatable bonds is 8. The number of hydrogen-bond donors (Lipinski definition) is 1. The average molecular weight is 471 g/mol. The maximum absolute atomic E-state index is 13.5. The Hall–Kier alpha value is -3.10. The number of aryl methyl sites for hydroxylation is 2. The van der Waals surface area contributed by atoms with Crippen molar-refractivity contribution in [3.63, 3.8) is 0 Å². The van der Waals surface area contributed by atoms with Crippen LogP contribution in [0.1, 0.15) is 29.1 Å². The first-order valence-corrected chi connectivity index (χ1v) is 10.8. The summed E-state index contributed by atoms with van der Waals surface area (Å²) in [6.45, 7) is 3.92. The fourth-order valence-corrected chi connectivity index (χ4v) is 4.09. The molecule has 9 heteroatoms. The van der Waals surface area contributed by atoms with Crippen molar-refractivity contribution in [1.29, 1.82) is 0 Å². The molecule has 0 spiro atoms. The van der Waals surface area contributed by atoms with E-state index >= 15 is 0 Å². The summed E-state index contributed by atoms with van der Waals surface area (Å²) in [5.41, 5.74) is 1.36. The molecule has 2 aromatic heterocycles. The molecule has 0 unspecified atom stereocenters. The van der Waals surface area contributed by atoms with Gasteiger partial charge in [0.15, 0.2) is 5.75 Å². The Balaban J connectivity index is 1.58. The third kappa shape index (κ3) is 4.96. The predicted molar refractivity (Wildman–Crippen MR) is 122 cm³/mol. The third-order valence-corrected chi connectivity index (χ3v) is 6.04. The molecule has 0 bridgehead atoms. The molecule has 3 aromatic rings. The highest BCUT2D eigenvalue weighted by molar-refractivity contribution is 6.30. The van der Waals surface area contributed by atoms with Crippen molar-refractivity contribution in [2.24, 2.45) is 5.92 Å². The van der Waals surface area contributed by atoms with Crippen LogP contribution in [0.5, 0.6) is 5.75 Å². The van der Waals surface area contributed by atoms with E-state index in [1.54, 1.807) is 33.2 Å². The highest BCUT2D eigenvalue weighted by Crippen LogP contribution is 2.55. The molecule has 2 atom stereocenters. The lowest BCUT2D eigenvalue weighted by atomic mass is 9.93. The Bertz CT molecular complexity index is 1190. The van der Waals surface area contributed by atoms with Crippen LogP contribution >= 0.6 is 11.6 Å². The van der Waals surface area contributed by atoms with Crippen LogP contribution in [0.2, 0.25) is 5.02 Å². The van der Waals surface area contributed by atoms with Gasteiger partial charge in [-0.25, -0.2) is 19.3 Å². The van der Waals surface area contributed by atoms with Gasteiger partial charge in [0.25, 0.3) is 0 Å². The van der Waals surface area contributed by atoms with Gasteiger partial charge in [-0.3, -0.25) is 4.79 Å². The molecule has 7 nitrogen and oxygen atoms in total. The molecule has 0 aliphatic heterocycles. The minimum atomic E-state index is -0.584. The first-order valence-electron chi connectivity index (χ1n) is 10.5. The number of nitrogens with one attached hydrogen (secondary N) is 1. The number of aromatic nitrogens is 3. The number of benzene rings is 1. The number of carbonyl (C=O) groups is 1. The monoisotopic (exact) mass is 470 g/mol. The number of nitrogens with zero attached hydrogens (tertiary/aromatic N) is 3. The molecular weight excluding hydrogens is 447 g/mol. The molecular formula is C24H24ClFN4O3. The average Bonchev–Trinajstić information content (AvgIpc) is 3.52. The number of halogens is 2. The number of carbonyl (C=O) groups excluding carboxylic acids is 1. The second-order valence-electron chi connectivity index (χ2n) is 8.18. The molecule has 0 radical (unpaired) electrons. The molecule has 1 fully saturated rings. The van der Waals surface area contributed by atoms with Crippen molar-refractivity contribution >= 4 is 23.3 Å². The largest absolute Gasteiger partial charge is 0.489 e. The van der Waals surface area contributed by atoms with Crippen LogP contribution in [-0.4, -0.2) is 34.6 Å². The molecule has 1 aliphatic carbocycles. The van der Waals surface area contributed by atoms with Gasteiger partial charge in [0.2, 0.25) is 5.91 Å². The van der Waals surface area contributed by atoms with Gasteiger partial charge in [-0.2, -0.15) is 0 Å². The number of hydrogen-bond acceptors (Lipinski definition) is 6. The molecule has 172 valence electrons. The standard InChI is InChI=1S/C24H24ClFN4O3/c1-14-7-22(28-10-19(14)26)30-23(31)18-9-24(18,16-5-4-6-17(25)8-16)13-33-21-11-27-15(2)29-20(21)12-32-3/h4-8,10-11,18H,9,12-13H2,1-3H3,(H,28,30,31)/t18-,24+/m0/s1. The number of methoxy groups -OCH3 is 1. The van der Waals surface area contributed by atoms with E-state index in [2.05, 4.69) is 20.3 Å². The smallest absolute Gasteiger partial charge is 0.229 e. The second-order valence-corrected chi connectivity index (χ2v) is 8.62. The van der Waals surface area contributed by atoms with Gasteiger partial charge in [0.05, 0.1) is 31.5 Å². The molecule has 1 amide bonds. The van der Waals surface area contributed by atoms with E-state index in [0.29, 0.717) is 40.1 Å². The summed E-state index contributed by atoms with van der Waals surface area (Å²) >= 11 is 6.25. The van der Waals surface area contributed by atoms with Crippen molar-refractivity contribution in [2.45, 2.75) is 32.3 Å². The first kappa shape index (κ1) is 23.1. The van der Waals surface area contributed by atoms with E-state index in [1.807, 2.05) is 18.2 Å². The van der Waals surface area contributed by atoms with Gasteiger partial charge in [0, 0.05) is 17.5 Å². The van der Waals surface area contributed by atoms with Gasteiger partial charge in [-0.1, -0.05) is 23.7 Å². The topological polar surface area (TPSA) is 86.2 Å². The van der Waals surface area contributed by atoms with E-state index in [-0.39, 0.29) is 25.0 Å². The highest BCUT2D eigenvalue weighted by atomic mass is 35.5. The fraction of sp³-hybridized carbons (Fsp3) is 0.333. The molecule has 4 rings (SSSR count). The van der Waals surface area contributed by atoms with Crippen molar-refractivity contribution in [1.82, 2.24) is 15.0 Å². The van der Waals surface area contributed by atoms with Gasteiger partial charge >= 0.3 is 0 Å². The third-order valence-electron chi connectivity index (χ3n) is 5.81. The van der Waals surface area contributed by atoms with E-state index in [9.17, 15) is 9.18 Å². The fourth-order valence-electron chi connectivity index (χ4n) is 3.90. The summed E-state index contributed by atoms with van der Waals surface area (Å²) in [6.07, 6.45) is 3.27. The summed E-state index contributed by atoms with van der Waals surface area (Å²) in [6, 6.07) is 8.92. The number of anilines is 1. The predicted octanol–water partition coefficient (Wildman–Crippen LogP) is 4.40. The van der Waals surface area contributed by atoms with Crippen molar-refractivity contribution in [3.05, 3.63) is 76.2 Å². The Labute approximate surface area is 196 Å². The number of ether oxygens (including phenoxy) is 2. The van der Waals surface area contributed by atoms with E-state index in [0.717, 1.165) is 11.8 Å². The Morgan fingerprint density at radius 2 is 2.09 bits per heavy atom. The minimum absolute atomic E-state index is 0.214. The van der Waals surface area contributed by atoms with Crippen molar-refractivity contribution < 1.29 is 18.7 Å². The summed E-state index contributed by atoms with van der Waals surface area (Å²) in [5.74, 6) is 0.416. The SMILES string of the molecule is COCc1nc(C)ncc1OC[C@@]1(c2cccc(Cl)c2)C[C@H]1C(=O)Nc1cc(C)c(F)cn1. The Kier molecular flexibility index (Phi) is 6.58. The molecule has 1 N–H and O–H groups in total. The van der Waals surface area contributed by atoms with Crippen LogP contribution in [0.4, 0.5) is 10.2 Å². The molecule has 1 aromatic carbocycles. The van der Waals surface area contributed by atoms with Crippen LogP contribution in [0.3, 0.4) is 0 Å². The summed E-state index contributed by atoms with van der Waals surface area (Å²) in [7, 11) is 1.58. The van der Waals surface area contributed by atoms with Gasteiger partial charge in [-0.15, -0.1) is 0 Å². The van der Waals surface area contributed by atoms with Crippen LogP contribution < -0.4 is 10.1 Å². The van der Waals surface area contributed by atoms with Crippen molar-refractivity contribution in [2.75, 3.05) is 19.0 Å². The molecule has 2 heterocycles. The number of pyridine rings is 1. The molecule has 1 aliphatic rings. The molecule has 0 saturated heterocycles. The highest BCUT2D eigenvalue weighted by Gasteiger charge is 2.60. The van der Waals surface area contributed by atoms with Crippen LogP contribution in [0.25, 0.3) is 0 Å². The molecule has 1 saturated carbocycles. The Morgan fingerprint density at radius 1 is 1.27 bits per heavy atom. The first-order chi connectivity index (χ1) is 15.8. The zero-order chi connectivity index (χ0) is 23.6. The van der Waals surface area contributed by atoms with Gasteiger partial charge in [0.1, 0.15) is 23.2 Å². The number of amides is 1. The van der Waals surface area contributed by atoms with Gasteiger partial charge in [-0.05, 0) is 49.6 Å². The van der Waals surface area contributed by atoms with E-state index in [1.165, 1.54) is 6.07 Å². The summed E-state index contributed by atoms with van der Waals surface area (Å²) in [5, 5.41) is 3.37. The van der Waals surface area contributed by atoms with Crippen molar-refractivity contribution in [3.8, 4) is 5.75 Å². The lowest BCUT2D eigenvalue weighted by Gasteiger charge is -2.20. The maximum Gasteiger partial charge on any atom is 0.229 e. The zero-order valence-electron chi connectivity index (χ0n) is 18.6. The van der Waals surface area contributed by atoms with Crippen LogP contribution in [0.15, 0.2) is 42.7 Å². The normalized spacial score (nSPS) is 19.2. The van der Waals surface area contributed by atoms with E-state index < -0.39 is 11.2 Å².